The van der Waals surface area contributed by atoms with Gasteiger partial charge in [0.2, 0.25) is 0 Å². The summed E-state index contributed by atoms with van der Waals surface area (Å²) in [5.41, 5.74) is 3.67. The average Bonchev–Trinajstić information content (AvgIpc) is 3.22. The highest BCUT2D eigenvalue weighted by Crippen LogP contribution is 2.47. The lowest BCUT2D eigenvalue weighted by Crippen LogP contribution is -2.51. The van der Waals surface area contributed by atoms with E-state index in [0.717, 1.165) is 13.2 Å². The first-order valence-electron chi connectivity index (χ1n) is 12.9. The standard InChI is InChI=1S/C26H52O3Si2/c1-17(2)30(18(3)4,19(5)6)27-15-23-24(26-14-13-25(23)29-26)16-28-31(20(7)8,21(9)10)22(11)12/h13-14,17-26H,15-16H2,1-12H3. The van der Waals surface area contributed by atoms with Crippen molar-refractivity contribution in [1.29, 1.82) is 0 Å². The third-order valence-corrected chi connectivity index (χ3v) is 20.8. The van der Waals surface area contributed by atoms with Crippen LogP contribution in [-0.4, -0.2) is 42.1 Å². The Morgan fingerprint density at radius 1 is 0.548 bits per heavy atom. The fourth-order valence-corrected chi connectivity index (χ4v) is 18.3. The van der Waals surface area contributed by atoms with Crippen molar-refractivity contribution < 1.29 is 13.6 Å². The topological polar surface area (TPSA) is 27.7 Å². The summed E-state index contributed by atoms with van der Waals surface area (Å²) in [5.74, 6) is 0.827. The van der Waals surface area contributed by atoms with Gasteiger partial charge in [-0.05, 0) is 33.2 Å². The molecule has 4 unspecified atom stereocenters. The van der Waals surface area contributed by atoms with E-state index in [-0.39, 0.29) is 12.2 Å². The first-order valence-corrected chi connectivity index (χ1v) is 17.2. The molecular weight excluding hydrogens is 416 g/mol. The zero-order valence-electron chi connectivity index (χ0n) is 22.6. The van der Waals surface area contributed by atoms with Crippen LogP contribution in [0.5, 0.6) is 0 Å². The number of rotatable bonds is 12. The Balaban J connectivity index is 2.20. The normalized spacial score (nSPS) is 26.8. The highest BCUT2D eigenvalue weighted by atomic mass is 28.4. The molecule has 0 aromatic heterocycles. The van der Waals surface area contributed by atoms with Crippen molar-refractivity contribution in [2.24, 2.45) is 11.8 Å². The zero-order chi connectivity index (χ0) is 23.7. The van der Waals surface area contributed by atoms with E-state index < -0.39 is 16.6 Å². The molecule has 5 heteroatoms. The summed E-state index contributed by atoms with van der Waals surface area (Å²) in [7, 11) is -3.75. The van der Waals surface area contributed by atoms with Crippen molar-refractivity contribution in [3.05, 3.63) is 12.2 Å². The zero-order valence-corrected chi connectivity index (χ0v) is 24.6. The van der Waals surface area contributed by atoms with Crippen LogP contribution in [0.1, 0.15) is 83.1 Å². The monoisotopic (exact) mass is 468 g/mol. The second-order valence-corrected chi connectivity index (χ2v) is 23.0. The Bertz CT molecular complexity index is 504. The molecule has 2 aliphatic rings. The molecule has 0 aromatic carbocycles. The third-order valence-electron chi connectivity index (χ3n) is 8.66. The van der Waals surface area contributed by atoms with E-state index in [1.165, 1.54) is 0 Å². The predicted octanol–water partition coefficient (Wildman–Crippen LogP) is 7.94. The number of fused-ring (bicyclic) bond motifs is 2. The van der Waals surface area contributed by atoms with E-state index in [0.29, 0.717) is 45.1 Å². The van der Waals surface area contributed by atoms with Crippen LogP contribution in [0, 0.1) is 11.8 Å². The summed E-state index contributed by atoms with van der Waals surface area (Å²) < 4.78 is 20.4. The first-order chi connectivity index (χ1) is 14.3. The van der Waals surface area contributed by atoms with Gasteiger partial charge in [0.1, 0.15) is 0 Å². The van der Waals surface area contributed by atoms with E-state index in [1.807, 2.05) is 0 Å². The highest BCUT2D eigenvalue weighted by Gasteiger charge is 2.52. The van der Waals surface area contributed by atoms with Gasteiger partial charge in [-0.25, -0.2) is 0 Å². The minimum atomic E-state index is -1.88. The molecule has 1 saturated heterocycles. The van der Waals surface area contributed by atoms with Crippen LogP contribution in [0.3, 0.4) is 0 Å². The maximum atomic E-state index is 7.04. The molecule has 0 N–H and O–H groups in total. The summed E-state index contributed by atoms with van der Waals surface area (Å²) in [6.45, 7) is 30.1. The lowest BCUT2D eigenvalue weighted by Gasteiger charge is -2.45. The lowest BCUT2D eigenvalue weighted by molar-refractivity contribution is 0.0914. The third kappa shape index (κ3) is 4.96. The molecule has 2 bridgehead atoms. The fraction of sp³-hybridized carbons (Fsp3) is 0.923. The van der Waals surface area contributed by atoms with Crippen LogP contribution < -0.4 is 0 Å². The van der Waals surface area contributed by atoms with Crippen molar-refractivity contribution in [3.63, 3.8) is 0 Å². The minimum absolute atomic E-state index is 0.199. The summed E-state index contributed by atoms with van der Waals surface area (Å²) in [5, 5.41) is 0. The molecule has 31 heavy (non-hydrogen) atoms. The molecule has 0 saturated carbocycles. The maximum absolute atomic E-state index is 7.04. The van der Waals surface area contributed by atoms with Gasteiger partial charge in [0.25, 0.3) is 0 Å². The highest BCUT2D eigenvalue weighted by molar-refractivity contribution is 6.78. The van der Waals surface area contributed by atoms with Crippen molar-refractivity contribution in [1.82, 2.24) is 0 Å². The molecule has 2 heterocycles. The van der Waals surface area contributed by atoms with Gasteiger partial charge in [-0.15, -0.1) is 0 Å². The summed E-state index contributed by atoms with van der Waals surface area (Å²) in [6, 6.07) is 0. The molecule has 0 aromatic rings. The molecule has 3 nitrogen and oxygen atoms in total. The van der Waals surface area contributed by atoms with Gasteiger partial charge in [0.05, 0.1) is 12.2 Å². The van der Waals surface area contributed by atoms with E-state index in [1.54, 1.807) is 0 Å². The van der Waals surface area contributed by atoms with E-state index >= 15 is 0 Å². The van der Waals surface area contributed by atoms with Crippen LogP contribution >= 0.6 is 0 Å². The SMILES string of the molecule is CC(C)[Si](OCC1C2C=CC(O2)C1CO[Si](C(C)C)(C(C)C)C(C)C)(C(C)C)C(C)C. The Morgan fingerprint density at radius 3 is 1.03 bits per heavy atom. The van der Waals surface area contributed by atoms with Crippen LogP contribution in [-0.2, 0) is 13.6 Å². The second kappa shape index (κ2) is 10.5. The van der Waals surface area contributed by atoms with Crippen molar-refractivity contribution in [2.75, 3.05) is 13.2 Å². The number of hydrogen-bond acceptors (Lipinski definition) is 3. The first kappa shape index (κ1) is 27.3. The van der Waals surface area contributed by atoms with Gasteiger partial charge in [0, 0.05) is 25.0 Å². The van der Waals surface area contributed by atoms with E-state index in [2.05, 4.69) is 95.2 Å². The van der Waals surface area contributed by atoms with E-state index in [4.69, 9.17) is 13.6 Å². The predicted molar refractivity (Wildman–Crippen MR) is 139 cm³/mol. The van der Waals surface area contributed by atoms with Gasteiger partial charge in [-0.1, -0.05) is 95.2 Å². The smallest absolute Gasteiger partial charge is 0.200 e. The summed E-state index contributed by atoms with van der Waals surface area (Å²) in [6.07, 6.45) is 4.95. The van der Waals surface area contributed by atoms with Crippen LogP contribution in [0.15, 0.2) is 12.2 Å². The molecule has 2 rings (SSSR count). The maximum Gasteiger partial charge on any atom is 0.200 e. The minimum Gasteiger partial charge on any atom is -0.416 e. The van der Waals surface area contributed by atoms with Gasteiger partial charge in [0.15, 0.2) is 16.6 Å². The Morgan fingerprint density at radius 2 is 0.806 bits per heavy atom. The molecule has 0 spiro atoms. The van der Waals surface area contributed by atoms with Crippen LogP contribution in [0.4, 0.5) is 0 Å². The Kier molecular flexibility index (Phi) is 9.28. The van der Waals surface area contributed by atoms with Gasteiger partial charge in [-0.2, -0.15) is 0 Å². The second-order valence-electron chi connectivity index (χ2n) is 12.0. The number of ether oxygens (including phenoxy) is 1. The molecule has 1 fully saturated rings. The molecule has 0 aliphatic carbocycles. The summed E-state index contributed by atoms with van der Waals surface area (Å²) >= 11 is 0. The van der Waals surface area contributed by atoms with Crippen molar-refractivity contribution >= 4 is 16.6 Å². The Hall–Kier alpha value is 0.0538. The van der Waals surface area contributed by atoms with Gasteiger partial charge < -0.3 is 13.6 Å². The molecule has 2 aliphatic heterocycles. The lowest BCUT2D eigenvalue weighted by atomic mass is 9.84. The fourth-order valence-electron chi connectivity index (χ4n) is 7.38. The average molecular weight is 469 g/mol. The molecular formula is C26H52O3Si2. The molecule has 0 radical (unpaired) electrons. The van der Waals surface area contributed by atoms with Gasteiger partial charge in [-0.3, -0.25) is 0 Å². The van der Waals surface area contributed by atoms with E-state index in [9.17, 15) is 0 Å². The van der Waals surface area contributed by atoms with Crippen LogP contribution in [0.2, 0.25) is 33.2 Å². The molecule has 182 valence electrons. The molecule has 0 amide bonds. The van der Waals surface area contributed by atoms with Crippen molar-refractivity contribution in [2.45, 2.75) is 129 Å². The molecule has 4 atom stereocenters. The number of hydrogen-bond donors (Lipinski definition) is 0. The Labute approximate surface area is 196 Å². The van der Waals surface area contributed by atoms with Crippen molar-refractivity contribution in [3.8, 4) is 0 Å². The van der Waals surface area contributed by atoms with Crippen LogP contribution in [0.25, 0.3) is 0 Å². The summed E-state index contributed by atoms with van der Waals surface area (Å²) in [4.78, 5) is 0. The quantitative estimate of drug-likeness (QED) is 0.215. The van der Waals surface area contributed by atoms with Gasteiger partial charge >= 0.3 is 0 Å². The largest absolute Gasteiger partial charge is 0.416 e.